The summed E-state index contributed by atoms with van der Waals surface area (Å²) in [4.78, 5) is 0. The smallest absolute Gasteiger partial charge is 0.111 e. The molecule has 1 heterocycles. The van der Waals surface area contributed by atoms with Gasteiger partial charge in [-0.15, -0.1) is 0 Å². The Morgan fingerprint density at radius 2 is 1.90 bits per heavy atom. The van der Waals surface area contributed by atoms with Gasteiger partial charge in [0.05, 0.1) is 19.0 Å². The summed E-state index contributed by atoms with van der Waals surface area (Å²) in [7, 11) is 0. The van der Waals surface area contributed by atoms with Crippen LogP contribution in [0.2, 0.25) is 0 Å². The molecular formula is C8H12O2. The van der Waals surface area contributed by atoms with Gasteiger partial charge in [0.15, 0.2) is 0 Å². The fraction of sp³-hybridized carbons (Fsp3) is 0.750. The number of hydrogen-bond donors (Lipinski definition) is 0. The van der Waals surface area contributed by atoms with E-state index in [9.17, 15) is 0 Å². The number of ether oxygens (including phenoxy) is 2. The van der Waals surface area contributed by atoms with Gasteiger partial charge < -0.3 is 9.47 Å². The Morgan fingerprint density at radius 3 is 2.70 bits per heavy atom. The SMILES string of the molecule is C1COC2=C(CCO1)CC2. The highest BCUT2D eigenvalue weighted by Crippen LogP contribution is 2.31. The molecule has 0 radical (unpaired) electrons. The molecule has 0 unspecified atom stereocenters. The molecule has 0 saturated heterocycles. The molecule has 1 aliphatic carbocycles. The average Bonchev–Trinajstić information content (AvgIpc) is 1.89. The van der Waals surface area contributed by atoms with Crippen LogP contribution in [0.1, 0.15) is 19.3 Å². The molecule has 0 amide bonds. The quantitative estimate of drug-likeness (QED) is 0.507. The number of rotatable bonds is 0. The number of allylic oxidation sites excluding steroid dienone is 1. The van der Waals surface area contributed by atoms with Gasteiger partial charge in [0.25, 0.3) is 0 Å². The van der Waals surface area contributed by atoms with E-state index in [-0.39, 0.29) is 0 Å². The first-order valence-electron chi connectivity index (χ1n) is 3.88. The minimum absolute atomic E-state index is 0.749. The van der Waals surface area contributed by atoms with Gasteiger partial charge in [-0.25, -0.2) is 0 Å². The lowest BCUT2D eigenvalue weighted by molar-refractivity contribution is 0.0543. The van der Waals surface area contributed by atoms with E-state index in [0.29, 0.717) is 0 Å². The molecule has 0 saturated carbocycles. The Kier molecular flexibility index (Phi) is 1.63. The van der Waals surface area contributed by atoms with Gasteiger partial charge in [-0.05, 0) is 18.4 Å². The van der Waals surface area contributed by atoms with Crippen LogP contribution in [0.4, 0.5) is 0 Å². The summed E-state index contributed by atoms with van der Waals surface area (Å²) in [5, 5.41) is 0. The van der Waals surface area contributed by atoms with Crippen molar-refractivity contribution >= 4 is 0 Å². The largest absolute Gasteiger partial charge is 0.496 e. The molecule has 56 valence electrons. The van der Waals surface area contributed by atoms with E-state index in [4.69, 9.17) is 9.47 Å². The maximum absolute atomic E-state index is 5.44. The highest BCUT2D eigenvalue weighted by atomic mass is 16.5. The Labute approximate surface area is 60.8 Å². The van der Waals surface area contributed by atoms with Crippen LogP contribution in [-0.4, -0.2) is 19.8 Å². The zero-order valence-electron chi connectivity index (χ0n) is 6.06. The normalized spacial score (nSPS) is 25.6. The highest BCUT2D eigenvalue weighted by molar-refractivity contribution is 5.19. The van der Waals surface area contributed by atoms with Crippen molar-refractivity contribution < 1.29 is 9.47 Å². The standard InChI is InChI=1S/C8H12O2/c1-2-8-7(1)3-4-9-5-6-10-8/h1-6H2. The minimum Gasteiger partial charge on any atom is -0.496 e. The third-order valence-electron chi connectivity index (χ3n) is 2.10. The van der Waals surface area contributed by atoms with Gasteiger partial charge >= 0.3 is 0 Å². The third kappa shape index (κ3) is 1.03. The second-order valence-corrected chi connectivity index (χ2v) is 2.74. The van der Waals surface area contributed by atoms with E-state index in [1.807, 2.05) is 0 Å². The molecule has 2 heteroatoms. The Bertz CT molecular complexity index is 143. The van der Waals surface area contributed by atoms with Crippen LogP contribution in [-0.2, 0) is 9.47 Å². The third-order valence-corrected chi connectivity index (χ3v) is 2.10. The van der Waals surface area contributed by atoms with Crippen molar-refractivity contribution in [1.29, 1.82) is 0 Å². The second kappa shape index (κ2) is 2.62. The first kappa shape index (κ1) is 6.23. The van der Waals surface area contributed by atoms with Crippen molar-refractivity contribution in [2.75, 3.05) is 19.8 Å². The van der Waals surface area contributed by atoms with Crippen LogP contribution >= 0.6 is 0 Å². The van der Waals surface area contributed by atoms with Crippen molar-refractivity contribution in [3.05, 3.63) is 11.3 Å². The topological polar surface area (TPSA) is 18.5 Å². The summed E-state index contributed by atoms with van der Waals surface area (Å²) < 4.78 is 10.7. The molecule has 1 aliphatic heterocycles. The maximum Gasteiger partial charge on any atom is 0.111 e. The first-order chi connectivity index (χ1) is 4.97. The van der Waals surface area contributed by atoms with Crippen molar-refractivity contribution in [2.24, 2.45) is 0 Å². The Balaban J connectivity index is 2.01. The summed E-state index contributed by atoms with van der Waals surface area (Å²) in [5.41, 5.74) is 1.49. The lowest BCUT2D eigenvalue weighted by atomic mass is 9.93. The lowest BCUT2D eigenvalue weighted by Crippen LogP contribution is -2.16. The van der Waals surface area contributed by atoms with Crippen LogP contribution in [0, 0.1) is 0 Å². The molecule has 0 bridgehead atoms. The predicted molar refractivity (Wildman–Crippen MR) is 37.6 cm³/mol. The van der Waals surface area contributed by atoms with Gasteiger partial charge in [-0.1, -0.05) is 0 Å². The molecule has 0 aromatic heterocycles. The predicted octanol–water partition coefficient (Wildman–Crippen LogP) is 1.47. The van der Waals surface area contributed by atoms with Crippen molar-refractivity contribution in [2.45, 2.75) is 19.3 Å². The van der Waals surface area contributed by atoms with Crippen LogP contribution in [0.5, 0.6) is 0 Å². The molecule has 0 aromatic rings. The summed E-state index contributed by atoms with van der Waals surface area (Å²) in [5.74, 6) is 1.25. The summed E-state index contributed by atoms with van der Waals surface area (Å²) in [6.45, 7) is 2.40. The van der Waals surface area contributed by atoms with Gasteiger partial charge in [0.2, 0.25) is 0 Å². The summed E-state index contributed by atoms with van der Waals surface area (Å²) >= 11 is 0. The highest BCUT2D eigenvalue weighted by Gasteiger charge is 2.19. The molecule has 0 fully saturated rings. The summed E-state index contributed by atoms with van der Waals surface area (Å²) in [6, 6.07) is 0. The van der Waals surface area contributed by atoms with E-state index in [2.05, 4.69) is 0 Å². The molecule has 2 nitrogen and oxygen atoms in total. The molecule has 10 heavy (non-hydrogen) atoms. The van der Waals surface area contributed by atoms with Gasteiger partial charge in [0.1, 0.15) is 6.61 Å². The average molecular weight is 140 g/mol. The van der Waals surface area contributed by atoms with E-state index < -0.39 is 0 Å². The van der Waals surface area contributed by atoms with Gasteiger partial charge in [-0.2, -0.15) is 0 Å². The van der Waals surface area contributed by atoms with Gasteiger partial charge in [0, 0.05) is 6.42 Å². The second-order valence-electron chi connectivity index (χ2n) is 2.74. The molecule has 0 N–H and O–H groups in total. The minimum atomic E-state index is 0.749. The molecular weight excluding hydrogens is 128 g/mol. The zero-order valence-corrected chi connectivity index (χ0v) is 6.06. The zero-order chi connectivity index (χ0) is 6.81. The van der Waals surface area contributed by atoms with Crippen LogP contribution in [0.15, 0.2) is 11.3 Å². The van der Waals surface area contributed by atoms with Crippen LogP contribution in [0.25, 0.3) is 0 Å². The van der Waals surface area contributed by atoms with Gasteiger partial charge in [-0.3, -0.25) is 0 Å². The molecule has 0 atom stereocenters. The van der Waals surface area contributed by atoms with E-state index in [0.717, 1.165) is 32.7 Å². The summed E-state index contributed by atoms with van der Waals surface area (Å²) in [6.07, 6.45) is 3.49. The Morgan fingerprint density at radius 1 is 0.900 bits per heavy atom. The van der Waals surface area contributed by atoms with Crippen molar-refractivity contribution in [1.82, 2.24) is 0 Å². The van der Waals surface area contributed by atoms with Crippen LogP contribution in [0.3, 0.4) is 0 Å². The fourth-order valence-electron chi connectivity index (χ4n) is 1.36. The van der Waals surface area contributed by atoms with Crippen LogP contribution < -0.4 is 0 Å². The monoisotopic (exact) mass is 140 g/mol. The maximum atomic E-state index is 5.44. The first-order valence-corrected chi connectivity index (χ1v) is 3.88. The van der Waals surface area contributed by atoms with E-state index in [1.54, 1.807) is 0 Å². The molecule has 2 rings (SSSR count). The fourth-order valence-corrected chi connectivity index (χ4v) is 1.36. The lowest BCUT2D eigenvalue weighted by Gasteiger charge is -2.26. The van der Waals surface area contributed by atoms with E-state index >= 15 is 0 Å². The Hall–Kier alpha value is -0.500. The number of hydrogen-bond acceptors (Lipinski definition) is 2. The van der Waals surface area contributed by atoms with E-state index in [1.165, 1.54) is 17.8 Å². The molecule has 0 aromatic carbocycles. The van der Waals surface area contributed by atoms with Crippen molar-refractivity contribution in [3.63, 3.8) is 0 Å². The van der Waals surface area contributed by atoms with Crippen molar-refractivity contribution in [3.8, 4) is 0 Å². The molecule has 2 aliphatic rings. The molecule has 0 spiro atoms.